The Morgan fingerprint density at radius 3 is 2.55 bits per heavy atom. The molecule has 6 N–H and O–H groups in total. The standard InChI is InChI=1S/C25H44N2O4/c1-14(10-22(31)27-9-8-26)17-4-5-18-23-19(13-21(30)25(17,18)3)24(2)7-6-16(28)11-15(24)12-20(23)29/h14-21,23,28-30H,4-13,26H2,1-3H3,(H,27,31)/t14?,15?,16-,17?,18?,19?,20-,21+,23?,24+,25-/m0/s1. The van der Waals surface area contributed by atoms with Crippen LogP contribution in [0.15, 0.2) is 0 Å². The molecule has 4 aliphatic rings. The van der Waals surface area contributed by atoms with E-state index in [2.05, 4.69) is 26.1 Å². The molecular formula is C25H44N2O4. The number of aliphatic hydroxyl groups is 3. The summed E-state index contributed by atoms with van der Waals surface area (Å²) in [5, 5.41) is 36.0. The molecule has 0 radical (unpaired) electrons. The van der Waals surface area contributed by atoms with Gasteiger partial charge in [0.15, 0.2) is 0 Å². The van der Waals surface area contributed by atoms with Gasteiger partial charge in [0.1, 0.15) is 0 Å². The van der Waals surface area contributed by atoms with Crippen LogP contribution >= 0.6 is 0 Å². The number of amides is 1. The molecule has 178 valence electrons. The molecular weight excluding hydrogens is 392 g/mol. The topological polar surface area (TPSA) is 116 Å². The van der Waals surface area contributed by atoms with Crippen molar-refractivity contribution in [1.29, 1.82) is 0 Å². The highest BCUT2D eigenvalue weighted by atomic mass is 16.3. The third-order valence-electron chi connectivity index (χ3n) is 10.5. The Morgan fingerprint density at radius 1 is 1.10 bits per heavy atom. The molecule has 0 saturated heterocycles. The highest BCUT2D eigenvalue weighted by Crippen LogP contribution is 2.68. The number of aliphatic hydroxyl groups excluding tert-OH is 3. The molecule has 4 rings (SSSR count). The fourth-order valence-electron chi connectivity index (χ4n) is 8.85. The quantitative estimate of drug-likeness (QED) is 0.452. The Balaban J connectivity index is 1.56. The summed E-state index contributed by atoms with van der Waals surface area (Å²) in [6.07, 6.45) is 5.61. The average molecular weight is 437 g/mol. The maximum absolute atomic E-state index is 12.3. The van der Waals surface area contributed by atoms with Crippen molar-refractivity contribution in [2.75, 3.05) is 13.1 Å². The second kappa shape index (κ2) is 8.58. The number of nitrogens with two attached hydrogens (primary N) is 1. The zero-order chi connectivity index (χ0) is 22.6. The fraction of sp³-hybridized carbons (Fsp3) is 0.960. The van der Waals surface area contributed by atoms with E-state index < -0.39 is 6.10 Å². The van der Waals surface area contributed by atoms with Crippen molar-refractivity contribution in [1.82, 2.24) is 5.32 Å². The summed E-state index contributed by atoms with van der Waals surface area (Å²) in [4.78, 5) is 12.3. The zero-order valence-corrected chi connectivity index (χ0v) is 19.6. The van der Waals surface area contributed by atoms with E-state index in [0.717, 1.165) is 44.9 Å². The van der Waals surface area contributed by atoms with Crippen molar-refractivity contribution in [3.05, 3.63) is 0 Å². The lowest BCUT2D eigenvalue weighted by Gasteiger charge is -2.63. The predicted octanol–water partition coefficient (Wildman–Crippen LogP) is 2.05. The van der Waals surface area contributed by atoms with E-state index in [4.69, 9.17) is 5.73 Å². The van der Waals surface area contributed by atoms with Gasteiger partial charge in [-0.25, -0.2) is 0 Å². The van der Waals surface area contributed by atoms with Crippen molar-refractivity contribution in [2.45, 2.75) is 90.4 Å². The minimum absolute atomic E-state index is 0.0435. The average Bonchev–Trinajstić information content (AvgIpc) is 3.07. The minimum Gasteiger partial charge on any atom is -0.393 e. The normalized spacial score (nSPS) is 50.2. The van der Waals surface area contributed by atoms with Gasteiger partial charge in [0.2, 0.25) is 5.91 Å². The molecule has 0 bridgehead atoms. The highest BCUT2D eigenvalue weighted by Gasteiger charge is 2.65. The van der Waals surface area contributed by atoms with Crippen LogP contribution in [0.5, 0.6) is 0 Å². The van der Waals surface area contributed by atoms with Crippen molar-refractivity contribution >= 4 is 5.91 Å². The van der Waals surface area contributed by atoms with Crippen molar-refractivity contribution in [3.63, 3.8) is 0 Å². The Kier molecular flexibility index (Phi) is 6.50. The van der Waals surface area contributed by atoms with Gasteiger partial charge in [-0.05, 0) is 91.3 Å². The predicted molar refractivity (Wildman–Crippen MR) is 120 cm³/mol. The first-order valence-corrected chi connectivity index (χ1v) is 12.6. The van der Waals surface area contributed by atoms with Gasteiger partial charge < -0.3 is 26.4 Å². The van der Waals surface area contributed by atoms with Gasteiger partial charge in [0.05, 0.1) is 18.3 Å². The van der Waals surface area contributed by atoms with Crippen LogP contribution in [-0.4, -0.2) is 52.6 Å². The lowest BCUT2D eigenvalue weighted by Crippen LogP contribution is -2.62. The minimum atomic E-state index is -0.407. The van der Waals surface area contributed by atoms with Gasteiger partial charge in [-0.1, -0.05) is 20.8 Å². The van der Waals surface area contributed by atoms with E-state index in [9.17, 15) is 20.1 Å². The van der Waals surface area contributed by atoms with E-state index in [-0.39, 0.29) is 46.7 Å². The van der Waals surface area contributed by atoms with Gasteiger partial charge in [0.25, 0.3) is 0 Å². The molecule has 6 nitrogen and oxygen atoms in total. The first-order chi connectivity index (χ1) is 14.6. The van der Waals surface area contributed by atoms with Crippen LogP contribution in [0.3, 0.4) is 0 Å². The van der Waals surface area contributed by atoms with Gasteiger partial charge in [-0.15, -0.1) is 0 Å². The SMILES string of the molecule is CC(CC(=O)NCCN)C1CCC2C3C(C[C@@H](O)[C@@]12C)[C@]1(C)CC[C@H](O)CC1C[C@@H]3O. The summed E-state index contributed by atoms with van der Waals surface area (Å²) in [7, 11) is 0. The van der Waals surface area contributed by atoms with E-state index in [1.807, 2.05) is 0 Å². The number of rotatable bonds is 5. The van der Waals surface area contributed by atoms with Gasteiger partial charge in [-0.3, -0.25) is 4.79 Å². The van der Waals surface area contributed by atoms with Crippen LogP contribution in [0.2, 0.25) is 0 Å². The molecule has 0 aromatic rings. The molecule has 4 aliphatic carbocycles. The summed E-state index contributed by atoms with van der Waals surface area (Å²) in [5.74, 6) is 1.67. The monoisotopic (exact) mass is 436 g/mol. The van der Waals surface area contributed by atoms with E-state index in [1.165, 1.54) is 0 Å². The molecule has 4 saturated carbocycles. The Bertz CT molecular complexity index is 674. The summed E-state index contributed by atoms with van der Waals surface area (Å²) in [5.41, 5.74) is 5.35. The maximum atomic E-state index is 12.3. The summed E-state index contributed by atoms with van der Waals surface area (Å²) >= 11 is 0. The largest absolute Gasteiger partial charge is 0.393 e. The van der Waals surface area contributed by atoms with E-state index in [1.54, 1.807) is 0 Å². The zero-order valence-electron chi connectivity index (χ0n) is 19.6. The van der Waals surface area contributed by atoms with Crippen LogP contribution in [-0.2, 0) is 4.79 Å². The number of fused-ring (bicyclic) bond motifs is 5. The third kappa shape index (κ3) is 3.75. The lowest BCUT2D eigenvalue weighted by atomic mass is 9.43. The highest BCUT2D eigenvalue weighted by molar-refractivity contribution is 5.76. The van der Waals surface area contributed by atoms with Crippen LogP contribution in [0.4, 0.5) is 0 Å². The smallest absolute Gasteiger partial charge is 0.220 e. The molecule has 31 heavy (non-hydrogen) atoms. The number of hydrogen-bond donors (Lipinski definition) is 5. The van der Waals surface area contributed by atoms with Gasteiger partial charge in [0, 0.05) is 19.5 Å². The summed E-state index contributed by atoms with van der Waals surface area (Å²) in [6.45, 7) is 7.69. The fourth-order valence-corrected chi connectivity index (χ4v) is 8.85. The number of carbonyl (C=O) groups is 1. The first kappa shape index (κ1) is 23.5. The van der Waals surface area contributed by atoms with Gasteiger partial charge >= 0.3 is 0 Å². The molecule has 11 atom stereocenters. The number of nitrogens with one attached hydrogen (secondary N) is 1. The second-order valence-corrected chi connectivity index (χ2v) is 11.8. The maximum Gasteiger partial charge on any atom is 0.220 e. The van der Waals surface area contributed by atoms with E-state index >= 15 is 0 Å². The molecule has 1 amide bonds. The molecule has 4 fully saturated rings. The molecule has 6 heteroatoms. The Labute approximate surface area is 187 Å². The van der Waals surface area contributed by atoms with Crippen molar-refractivity contribution in [3.8, 4) is 0 Å². The lowest BCUT2D eigenvalue weighted by molar-refractivity contribution is -0.207. The molecule has 0 aromatic carbocycles. The van der Waals surface area contributed by atoms with Gasteiger partial charge in [-0.2, -0.15) is 0 Å². The molecule has 6 unspecified atom stereocenters. The van der Waals surface area contributed by atoms with Crippen molar-refractivity contribution in [2.24, 2.45) is 52.1 Å². The second-order valence-electron chi connectivity index (χ2n) is 11.8. The molecule has 0 heterocycles. The molecule has 0 spiro atoms. The molecule has 0 aromatic heterocycles. The van der Waals surface area contributed by atoms with E-state index in [0.29, 0.717) is 37.3 Å². The number of carbonyl (C=O) groups excluding carboxylic acids is 1. The van der Waals surface area contributed by atoms with Crippen LogP contribution < -0.4 is 11.1 Å². The molecule has 0 aliphatic heterocycles. The van der Waals surface area contributed by atoms with Crippen LogP contribution in [0.25, 0.3) is 0 Å². The van der Waals surface area contributed by atoms with Crippen molar-refractivity contribution < 1.29 is 20.1 Å². The Morgan fingerprint density at radius 2 is 1.84 bits per heavy atom. The first-order valence-electron chi connectivity index (χ1n) is 12.6. The van der Waals surface area contributed by atoms with Crippen LogP contribution in [0, 0.1) is 46.3 Å². The van der Waals surface area contributed by atoms with Crippen LogP contribution in [0.1, 0.15) is 72.1 Å². The third-order valence-corrected chi connectivity index (χ3v) is 10.5. The summed E-state index contributed by atoms with van der Waals surface area (Å²) < 4.78 is 0. The summed E-state index contributed by atoms with van der Waals surface area (Å²) in [6, 6.07) is 0. The number of hydrogen-bond acceptors (Lipinski definition) is 5. The Hall–Kier alpha value is -0.690.